The van der Waals surface area contributed by atoms with E-state index in [9.17, 15) is 9.59 Å². The van der Waals surface area contributed by atoms with Crippen LogP contribution in [0.5, 0.6) is 0 Å². The van der Waals surface area contributed by atoms with E-state index in [0.717, 1.165) is 0 Å². The van der Waals surface area contributed by atoms with Crippen molar-refractivity contribution in [1.82, 2.24) is 5.32 Å². The first-order chi connectivity index (χ1) is 7.95. The van der Waals surface area contributed by atoms with Crippen LogP contribution in [0.15, 0.2) is 12.1 Å². The summed E-state index contributed by atoms with van der Waals surface area (Å²) in [5, 5.41) is 5.53. The van der Waals surface area contributed by atoms with E-state index in [4.69, 9.17) is 23.2 Å². The van der Waals surface area contributed by atoms with Crippen LogP contribution in [0.3, 0.4) is 0 Å². The van der Waals surface area contributed by atoms with Crippen molar-refractivity contribution in [2.45, 2.75) is 13.8 Å². The fourth-order valence-corrected chi connectivity index (χ4v) is 1.80. The Labute approximate surface area is 109 Å². The zero-order chi connectivity index (χ0) is 13.0. The van der Waals surface area contributed by atoms with Gasteiger partial charge >= 0.3 is 6.03 Å². The maximum Gasteiger partial charge on any atom is 0.319 e. The molecule has 92 valence electrons. The molecule has 1 aromatic rings. The number of hydrogen-bond donors (Lipinski definition) is 2. The minimum Gasteiger partial charge on any atom is -0.338 e. The first-order valence-corrected chi connectivity index (χ1v) is 5.76. The van der Waals surface area contributed by atoms with E-state index in [-0.39, 0.29) is 15.8 Å². The number of urea groups is 1. The van der Waals surface area contributed by atoms with E-state index >= 15 is 0 Å². The van der Waals surface area contributed by atoms with E-state index in [0.29, 0.717) is 17.8 Å². The van der Waals surface area contributed by atoms with Gasteiger partial charge < -0.3 is 10.6 Å². The smallest absolute Gasteiger partial charge is 0.319 e. The number of carbonyl (C=O) groups is 2. The summed E-state index contributed by atoms with van der Waals surface area (Å²) in [7, 11) is 0. The van der Waals surface area contributed by atoms with E-state index < -0.39 is 6.03 Å². The zero-order valence-electron chi connectivity index (χ0n) is 9.43. The van der Waals surface area contributed by atoms with Crippen molar-refractivity contribution in [3.8, 4) is 0 Å². The molecular formula is C11H12Cl2N2O2. The normalized spacial score (nSPS) is 9.88. The first-order valence-electron chi connectivity index (χ1n) is 5.00. The van der Waals surface area contributed by atoms with Gasteiger partial charge in [0.05, 0.1) is 15.7 Å². The number of benzene rings is 1. The third-order valence-electron chi connectivity index (χ3n) is 2.02. The topological polar surface area (TPSA) is 58.2 Å². The maximum atomic E-state index is 11.3. The second-order valence-corrected chi connectivity index (χ2v) is 4.17. The summed E-state index contributed by atoms with van der Waals surface area (Å²) >= 11 is 11.9. The number of amides is 2. The predicted octanol–water partition coefficient (Wildman–Crippen LogP) is 3.34. The Morgan fingerprint density at radius 1 is 1.24 bits per heavy atom. The highest BCUT2D eigenvalue weighted by Gasteiger charge is 2.12. The Bertz CT molecular complexity index is 438. The molecule has 0 unspecified atom stereocenters. The fourth-order valence-electron chi connectivity index (χ4n) is 1.21. The molecule has 4 nitrogen and oxygen atoms in total. The van der Waals surface area contributed by atoms with Gasteiger partial charge in [-0.2, -0.15) is 0 Å². The van der Waals surface area contributed by atoms with Gasteiger partial charge in [0.15, 0.2) is 5.78 Å². The van der Waals surface area contributed by atoms with Crippen LogP contribution < -0.4 is 10.6 Å². The lowest BCUT2D eigenvalue weighted by atomic mass is 10.1. The lowest BCUT2D eigenvalue weighted by Crippen LogP contribution is -2.28. The highest BCUT2D eigenvalue weighted by Crippen LogP contribution is 2.31. The number of Topliss-reactive ketones (excluding diaryl/α,β-unsaturated/α-hetero) is 1. The standard InChI is InChI=1S/C11H12Cl2N2O2/c1-3-14-11(17)15-10-8(12)4-7(6(2)16)5-9(10)13/h4-5H,3H2,1-2H3,(H2,14,15,17). The second kappa shape index (κ2) is 5.89. The van der Waals surface area contributed by atoms with Crippen LogP contribution in [0.25, 0.3) is 0 Å². The SMILES string of the molecule is CCNC(=O)Nc1c(Cl)cc(C(C)=O)cc1Cl. The van der Waals surface area contributed by atoms with Crippen LogP contribution in [0.2, 0.25) is 10.0 Å². The molecule has 1 aromatic carbocycles. The van der Waals surface area contributed by atoms with Gasteiger partial charge in [0.1, 0.15) is 0 Å². The van der Waals surface area contributed by atoms with Crippen LogP contribution in [-0.2, 0) is 0 Å². The molecule has 2 amide bonds. The molecule has 0 aromatic heterocycles. The van der Waals surface area contributed by atoms with E-state index in [2.05, 4.69) is 10.6 Å². The molecule has 0 heterocycles. The van der Waals surface area contributed by atoms with Crippen molar-refractivity contribution in [3.63, 3.8) is 0 Å². The van der Waals surface area contributed by atoms with Gasteiger partial charge in [-0.05, 0) is 26.0 Å². The number of carbonyl (C=O) groups excluding carboxylic acids is 2. The summed E-state index contributed by atoms with van der Waals surface area (Å²) in [6, 6.07) is 2.54. The third-order valence-corrected chi connectivity index (χ3v) is 2.62. The highest BCUT2D eigenvalue weighted by molar-refractivity contribution is 6.40. The zero-order valence-corrected chi connectivity index (χ0v) is 10.9. The quantitative estimate of drug-likeness (QED) is 0.831. The van der Waals surface area contributed by atoms with E-state index in [1.165, 1.54) is 19.1 Å². The molecule has 0 fully saturated rings. The molecule has 0 spiro atoms. The Morgan fingerprint density at radius 2 is 1.76 bits per heavy atom. The highest BCUT2D eigenvalue weighted by atomic mass is 35.5. The summed E-state index contributed by atoms with van der Waals surface area (Å²) in [4.78, 5) is 22.5. The van der Waals surface area contributed by atoms with Crippen molar-refractivity contribution >= 4 is 40.7 Å². The number of hydrogen-bond acceptors (Lipinski definition) is 2. The van der Waals surface area contributed by atoms with Gasteiger partial charge in [-0.3, -0.25) is 4.79 Å². The average molecular weight is 275 g/mol. The van der Waals surface area contributed by atoms with Crippen molar-refractivity contribution < 1.29 is 9.59 Å². The average Bonchev–Trinajstić information content (AvgIpc) is 2.23. The number of halogens is 2. The summed E-state index contributed by atoms with van der Waals surface area (Å²) in [6.45, 7) is 3.70. The molecule has 0 saturated carbocycles. The minimum absolute atomic E-state index is 0.140. The molecule has 17 heavy (non-hydrogen) atoms. The Kier molecular flexibility index (Phi) is 4.78. The Balaban J connectivity index is 3.01. The van der Waals surface area contributed by atoms with Crippen molar-refractivity contribution in [2.24, 2.45) is 0 Å². The number of nitrogens with one attached hydrogen (secondary N) is 2. The molecule has 0 aliphatic heterocycles. The molecule has 1 rings (SSSR count). The second-order valence-electron chi connectivity index (χ2n) is 3.36. The number of anilines is 1. The fraction of sp³-hybridized carbons (Fsp3) is 0.273. The van der Waals surface area contributed by atoms with Crippen LogP contribution in [0.4, 0.5) is 10.5 Å². The minimum atomic E-state index is -0.396. The first kappa shape index (κ1) is 13.8. The number of ketones is 1. The summed E-state index contributed by atoms with van der Waals surface area (Å²) in [5.41, 5.74) is 0.700. The van der Waals surface area contributed by atoms with E-state index in [1.54, 1.807) is 6.92 Å². The van der Waals surface area contributed by atoms with Crippen LogP contribution in [-0.4, -0.2) is 18.4 Å². The molecule has 2 N–H and O–H groups in total. The molecule has 0 bridgehead atoms. The molecule has 0 radical (unpaired) electrons. The van der Waals surface area contributed by atoms with Crippen molar-refractivity contribution in [2.75, 3.05) is 11.9 Å². The number of rotatable bonds is 3. The lowest BCUT2D eigenvalue weighted by Gasteiger charge is -2.10. The van der Waals surface area contributed by atoms with Crippen molar-refractivity contribution in [1.29, 1.82) is 0 Å². The molecule has 0 saturated heterocycles. The maximum absolute atomic E-state index is 11.3. The monoisotopic (exact) mass is 274 g/mol. The van der Waals surface area contributed by atoms with Crippen LogP contribution >= 0.6 is 23.2 Å². The van der Waals surface area contributed by atoms with Gasteiger partial charge in [-0.1, -0.05) is 23.2 Å². The molecule has 0 aliphatic carbocycles. The summed E-state index contributed by atoms with van der Waals surface area (Å²) in [5.74, 6) is -0.140. The Hall–Kier alpha value is -1.26. The third kappa shape index (κ3) is 3.61. The van der Waals surface area contributed by atoms with Gasteiger partial charge in [0.2, 0.25) is 0 Å². The Morgan fingerprint density at radius 3 is 2.18 bits per heavy atom. The summed E-state index contributed by atoms with van der Waals surface area (Å²) < 4.78 is 0. The molecule has 6 heteroatoms. The largest absolute Gasteiger partial charge is 0.338 e. The lowest BCUT2D eigenvalue weighted by molar-refractivity contribution is 0.101. The van der Waals surface area contributed by atoms with Crippen LogP contribution in [0, 0.1) is 0 Å². The van der Waals surface area contributed by atoms with Gasteiger partial charge in [-0.15, -0.1) is 0 Å². The molecule has 0 atom stereocenters. The van der Waals surface area contributed by atoms with Gasteiger partial charge in [-0.25, -0.2) is 4.79 Å². The van der Waals surface area contributed by atoms with Crippen molar-refractivity contribution in [3.05, 3.63) is 27.7 Å². The van der Waals surface area contributed by atoms with Crippen LogP contribution in [0.1, 0.15) is 24.2 Å². The van der Waals surface area contributed by atoms with E-state index in [1.807, 2.05) is 0 Å². The van der Waals surface area contributed by atoms with Gasteiger partial charge in [0, 0.05) is 12.1 Å². The molecule has 0 aliphatic rings. The van der Waals surface area contributed by atoms with Gasteiger partial charge in [0.25, 0.3) is 0 Å². The summed E-state index contributed by atoms with van der Waals surface area (Å²) in [6.07, 6.45) is 0. The molecular weight excluding hydrogens is 263 g/mol. The predicted molar refractivity (Wildman–Crippen MR) is 69.2 cm³/mol.